The molecule has 0 aliphatic carbocycles. The number of thiocarbonyl (C=S) groups is 1. The summed E-state index contributed by atoms with van der Waals surface area (Å²) in [6, 6.07) is 6.11. The van der Waals surface area contributed by atoms with E-state index in [0.717, 1.165) is 34.7 Å². The number of nitrogens with two attached hydrogens (primary N) is 1. The Balaban J connectivity index is 2.40. The van der Waals surface area contributed by atoms with Gasteiger partial charge in [-0.15, -0.1) is 0 Å². The van der Waals surface area contributed by atoms with Crippen molar-refractivity contribution in [3.8, 4) is 0 Å². The molecule has 1 aromatic carbocycles. The van der Waals surface area contributed by atoms with Crippen LogP contribution in [-0.2, 0) is 0 Å². The summed E-state index contributed by atoms with van der Waals surface area (Å²) in [6.07, 6.45) is 1.24. The van der Waals surface area contributed by atoms with E-state index >= 15 is 0 Å². The van der Waals surface area contributed by atoms with Gasteiger partial charge in [-0.05, 0) is 40.4 Å². The minimum Gasteiger partial charge on any atom is -0.389 e. The van der Waals surface area contributed by atoms with Crippen molar-refractivity contribution >= 4 is 38.8 Å². The van der Waals surface area contributed by atoms with Crippen LogP contribution in [-0.4, -0.2) is 18.1 Å². The van der Waals surface area contributed by atoms with Crippen LogP contribution in [0.4, 0.5) is 5.69 Å². The van der Waals surface area contributed by atoms with Crippen LogP contribution in [0.25, 0.3) is 0 Å². The van der Waals surface area contributed by atoms with Gasteiger partial charge in [-0.2, -0.15) is 0 Å². The van der Waals surface area contributed by atoms with Gasteiger partial charge in [-0.1, -0.05) is 25.2 Å². The first kappa shape index (κ1) is 11.9. The summed E-state index contributed by atoms with van der Waals surface area (Å²) < 4.78 is 0.983. The largest absolute Gasteiger partial charge is 0.389 e. The lowest BCUT2D eigenvalue weighted by Gasteiger charge is -2.22. The van der Waals surface area contributed by atoms with Crippen LogP contribution in [0.15, 0.2) is 22.7 Å². The molecule has 2 nitrogen and oxygen atoms in total. The van der Waals surface area contributed by atoms with E-state index in [1.807, 2.05) is 12.1 Å². The molecule has 86 valence electrons. The van der Waals surface area contributed by atoms with Gasteiger partial charge in [-0.25, -0.2) is 0 Å². The van der Waals surface area contributed by atoms with Crippen molar-refractivity contribution in [2.24, 2.45) is 11.7 Å². The third kappa shape index (κ3) is 2.23. The zero-order valence-electron chi connectivity index (χ0n) is 9.24. The summed E-state index contributed by atoms with van der Waals surface area (Å²) in [5.74, 6) is 0.748. The van der Waals surface area contributed by atoms with Crippen molar-refractivity contribution in [1.82, 2.24) is 0 Å². The van der Waals surface area contributed by atoms with Crippen LogP contribution in [0.3, 0.4) is 0 Å². The highest BCUT2D eigenvalue weighted by Gasteiger charge is 2.22. The standard InChI is InChI=1S/C12H15BrN2S/c1-8-5-6-15(7-8)10-4-2-3-9(13)11(10)12(14)16/h2-4,8H,5-7H2,1H3,(H2,14,16). The lowest BCUT2D eigenvalue weighted by Crippen LogP contribution is -2.23. The summed E-state index contributed by atoms with van der Waals surface area (Å²) in [7, 11) is 0. The van der Waals surface area contributed by atoms with Gasteiger partial charge in [0.2, 0.25) is 0 Å². The second-order valence-electron chi connectivity index (χ2n) is 4.34. The van der Waals surface area contributed by atoms with Gasteiger partial charge in [0.1, 0.15) is 4.99 Å². The molecule has 1 unspecified atom stereocenters. The van der Waals surface area contributed by atoms with Gasteiger partial charge >= 0.3 is 0 Å². The van der Waals surface area contributed by atoms with Gasteiger partial charge in [0.25, 0.3) is 0 Å². The van der Waals surface area contributed by atoms with E-state index in [1.165, 1.54) is 6.42 Å². The molecule has 0 aromatic heterocycles. The summed E-state index contributed by atoms with van der Waals surface area (Å²) in [4.78, 5) is 2.83. The minimum atomic E-state index is 0.460. The third-order valence-electron chi connectivity index (χ3n) is 3.00. The first-order valence-corrected chi connectivity index (χ1v) is 6.63. The molecule has 1 heterocycles. The first-order valence-electron chi connectivity index (χ1n) is 5.43. The Hall–Kier alpha value is -0.610. The predicted molar refractivity (Wildman–Crippen MR) is 76.0 cm³/mol. The van der Waals surface area contributed by atoms with E-state index < -0.39 is 0 Å². The van der Waals surface area contributed by atoms with E-state index in [1.54, 1.807) is 0 Å². The van der Waals surface area contributed by atoms with Crippen molar-refractivity contribution in [2.75, 3.05) is 18.0 Å². The molecule has 1 aliphatic rings. The Morgan fingerprint density at radius 3 is 2.88 bits per heavy atom. The van der Waals surface area contributed by atoms with Crippen molar-refractivity contribution in [3.05, 3.63) is 28.2 Å². The molecular weight excluding hydrogens is 284 g/mol. The van der Waals surface area contributed by atoms with Gasteiger partial charge < -0.3 is 10.6 Å². The number of nitrogens with zero attached hydrogens (tertiary/aromatic N) is 1. The maximum atomic E-state index is 5.79. The molecular formula is C12H15BrN2S. The molecule has 0 bridgehead atoms. The summed E-state index contributed by atoms with van der Waals surface area (Å²) in [5, 5.41) is 0. The van der Waals surface area contributed by atoms with Gasteiger partial charge in [0, 0.05) is 28.8 Å². The van der Waals surface area contributed by atoms with E-state index in [0.29, 0.717) is 4.99 Å². The number of benzene rings is 1. The van der Waals surface area contributed by atoms with Crippen molar-refractivity contribution < 1.29 is 0 Å². The minimum absolute atomic E-state index is 0.460. The Morgan fingerprint density at radius 2 is 2.31 bits per heavy atom. The number of hydrogen-bond donors (Lipinski definition) is 1. The molecule has 0 amide bonds. The summed E-state index contributed by atoms with van der Waals surface area (Å²) in [5.41, 5.74) is 7.92. The number of hydrogen-bond acceptors (Lipinski definition) is 2. The number of rotatable bonds is 2. The quantitative estimate of drug-likeness (QED) is 0.851. The lowest BCUT2D eigenvalue weighted by molar-refractivity contribution is 0.659. The maximum Gasteiger partial charge on any atom is 0.107 e. The van der Waals surface area contributed by atoms with Crippen molar-refractivity contribution in [3.63, 3.8) is 0 Å². The van der Waals surface area contributed by atoms with Crippen molar-refractivity contribution in [2.45, 2.75) is 13.3 Å². The number of anilines is 1. The zero-order chi connectivity index (χ0) is 11.7. The third-order valence-corrected chi connectivity index (χ3v) is 3.87. The fourth-order valence-corrected chi connectivity index (χ4v) is 3.09. The van der Waals surface area contributed by atoms with Crippen LogP contribution >= 0.6 is 28.1 Å². The molecule has 1 aromatic rings. The molecule has 16 heavy (non-hydrogen) atoms. The van der Waals surface area contributed by atoms with Gasteiger partial charge in [0.15, 0.2) is 0 Å². The first-order chi connectivity index (χ1) is 7.59. The topological polar surface area (TPSA) is 29.3 Å². The van der Waals surface area contributed by atoms with Crippen molar-refractivity contribution in [1.29, 1.82) is 0 Å². The van der Waals surface area contributed by atoms with Crippen LogP contribution in [0.2, 0.25) is 0 Å². The zero-order valence-corrected chi connectivity index (χ0v) is 11.6. The molecule has 1 saturated heterocycles. The van der Waals surface area contributed by atoms with Crippen LogP contribution in [0.5, 0.6) is 0 Å². The highest BCUT2D eigenvalue weighted by molar-refractivity contribution is 9.10. The van der Waals surface area contributed by atoms with E-state index in [4.69, 9.17) is 18.0 Å². The highest BCUT2D eigenvalue weighted by atomic mass is 79.9. The average Bonchev–Trinajstić information content (AvgIpc) is 2.63. The molecule has 2 N–H and O–H groups in total. The second kappa shape index (κ2) is 4.72. The fraction of sp³-hybridized carbons (Fsp3) is 0.417. The summed E-state index contributed by atoms with van der Waals surface area (Å²) in [6.45, 7) is 4.46. The summed E-state index contributed by atoms with van der Waals surface area (Å²) >= 11 is 8.64. The molecule has 1 fully saturated rings. The Morgan fingerprint density at radius 1 is 1.56 bits per heavy atom. The fourth-order valence-electron chi connectivity index (χ4n) is 2.17. The molecule has 2 rings (SSSR count). The second-order valence-corrected chi connectivity index (χ2v) is 5.63. The Bertz CT molecular complexity index is 419. The smallest absolute Gasteiger partial charge is 0.107 e. The lowest BCUT2D eigenvalue weighted by atomic mass is 10.1. The predicted octanol–water partition coefficient (Wildman–Crippen LogP) is 2.93. The molecule has 1 aliphatic heterocycles. The molecule has 0 spiro atoms. The molecule has 0 radical (unpaired) electrons. The van der Waals surface area contributed by atoms with Crippen LogP contribution in [0, 0.1) is 5.92 Å². The molecule has 0 saturated carbocycles. The van der Waals surface area contributed by atoms with Gasteiger partial charge in [-0.3, -0.25) is 0 Å². The Kier molecular flexibility index (Phi) is 3.50. The normalized spacial score (nSPS) is 20.1. The van der Waals surface area contributed by atoms with E-state index in [-0.39, 0.29) is 0 Å². The monoisotopic (exact) mass is 298 g/mol. The SMILES string of the molecule is CC1CCN(c2cccc(Br)c2C(N)=S)C1. The van der Waals surface area contributed by atoms with Crippen LogP contribution in [0.1, 0.15) is 18.9 Å². The van der Waals surface area contributed by atoms with Crippen LogP contribution < -0.4 is 10.6 Å². The van der Waals surface area contributed by atoms with E-state index in [9.17, 15) is 0 Å². The van der Waals surface area contributed by atoms with E-state index in [2.05, 4.69) is 33.8 Å². The Labute approximate surface area is 110 Å². The molecule has 4 heteroatoms. The maximum absolute atomic E-state index is 5.79. The molecule has 1 atom stereocenters. The highest BCUT2D eigenvalue weighted by Crippen LogP contribution is 2.31. The number of halogens is 1. The van der Waals surface area contributed by atoms with Gasteiger partial charge in [0.05, 0.1) is 0 Å². The average molecular weight is 299 g/mol.